The molecule has 0 aromatic carbocycles. The van der Waals surface area contributed by atoms with Gasteiger partial charge in [0.2, 0.25) is 0 Å². The first-order valence-corrected chi connectivity index (χ1v) is 4.31. The normalized spacial score (nSPS) is 21.4. The second-order valence-corrected chi connectivity index (χ2v) is 3.47. The predicted molar refractivity (Wildman–Crippen MR) is 51.7 cm³/mol. The van der Waals surface area contributed by atoms with Crippen LogP contribution < -0.4 is 10.6 Å². The molecule has 14 heavy (non-hydrogen) atoms. The Morgan fingerprint density at radius 3 is 2.64 bits per heavy atom. The third-order valence-corrected chi connectivity index (χ3v) is 2.57. The molecule has 1 amide bonds. The van der Waals surface area contributed by atoms with Crippen molar-refractivity contribution >= 4 is 11.7 Å². The SMILES string of the molecule is CN1C(=O)c2c(ncn2C)N(C)C1N. The Balaban J connectivity index is 2.59. The van der Waals surface area contributed by atoms with E-state index in [1.54, 1.807) is 29.9 Å². The van der Waals surface area contributed by atoms with Crippen molar-refractivity contribution in [3.8, 4) is 0 Å². The van der Waals surface area contributed by atoms with Crippen LogP contribution in [-0.2, 0) is 7.05 Å². The molecular weight excluding hydrogens is 182 g/mol. The van der Waals surface area contributed by atoms with Crippen molar-refractivity contribution in [2.24, 2.45) is 12.8 Å². The number of hydrogen-bond donors (Lipinski definition) is 1. The van der Waals surface area contributed by atoms with Crippen molar-refractivity contribution in [3.63, 3.8) is 0 Å². The Labute approximate surface area is 81.9 Å². The fourth-order valence-electron chi connectivity index (χ4n) is 1.59. The highest BCUT2D eigenvalue weighted by atomic mass is 16.2. The van der Waals surface area contributed by atoms with E-state index >= 15 is 0 Å². The number of nitrogens with zero attached hydrogens (tertiary/aromatic N) is 4. The molecule has 1 aromatic heterocycles. The molecule has 0 fully saturated rings. The summed E-state index contributed by atoms with van der Waals surface area (Å²) in [4.78, 5) is 19.2. The minimum absolute atomic E-state index is 0.0920. The number of rotatable bonds is 0. The summed E-state index contributed by atoms with van der Waals surface area (Å²) < 4.78 is 1.70. The van der Waals surface area contributed by atoms with Crippen LogP contribution in [0.25, 0.3) is 0 Å². The average Bonchev–Trinajstić information content (AvgIpc) is 2.54. The van der Waals surface area contributed by atoms with E-state index in [0.29, 0.717) is 11.5 Å². The van der Waals surface area contributed by atoms with Crippen molar-refractivity contribution in [1.29, 1.82) is 0 Å². The smallest absolute Gasteiger partial charge is 0.276 e. The molecule has 6 heteroatoms. The van der Waals surface area contributed by atoms with Crippen molar-refractivity contribution in [1.82, 2.24) is 14.5 Å². The lowest BCUT2D eigenvalue weighted by atomic mass is 10.3. The minimum Gasteiger partial charge on any atom is -0.328 e. The highest BCUT2D eigenvalue weighted by molar-refractivity contribution is 5.99. The Hall–Kier alpha value is -1.56. The van der Waals surface area contributed by atoms with Crippen LogP contribution in [-0.4, -0.2) is 40.7 Å². The maximum Gasteiger partial charge on any atom is 0.276 e. The maximum absolute atomic E-state index is 11.8. The van der Waals surface area contributed by atoms with E-state index in [4.69, 9.17) is 5.73 Å². The van der Waals surface area contributed by atoms with Crippen LogP contribution in [0.1, 0.15) is 10.5 Å². The van der Waals surface area contributed by atoms with Crippen molar-refractivity contribution in [3.05, 3.63) is 12.0 Å². The summed E-state index contributed by atoms with van der Waals surface area (Å²) in [5.74, 6) is 0.550. The van der Waals surface area contributed by atoms with Gasteiger partial charge in [-0.15, -0.1) is 0 Å². The number of fused-ring (bicyclic) bond motifs is 1. The number of hydrogen-bond acceptors (Lipinski definition) is 4. The van der Waals surface area contributed by atoms with Gasteiger partial charge in [0.05, 0.1) is 6.33 Å². The Morgan fingerprint density at radius 1 is 1.36 bits per heavy atom. The van der Waals surface area contributed by atoms with E-state index in [-0.39, 0.29) is 5.91 Å². The summed E-state index contributed by atoms with van der Waals surface area (Å²) >= 11 is 0. The topological polar surface area (TPSA) is 67.4 Å². The number of carbonyl (C=O) groups excluding carboxylic acids is 1. The van der Waals surface area contributed by atoms with Crippen LogP contribution in [0.2, 0.25) is 0 Å². The molecule has 0 saturated heterocycles. The standard InChI is InChI=1S/C8H13N5O/c1-11-4-10-6-5(11)7(14)13(3)8(9)12(6)2/h4,8H,9H2,1-3H3. The number of carbonyl (C=O) groups is 1. The number of anilines is 1. The predicted octanol–water partition coefficient (Wildman–Crippen LogP) is -0.816. The first-order valence-electron chi connectivity index (χ1n) is 4.31. The summed E-state index contributed by atoms with van der Waals surface area (Å²) in [5, 5.41) is 0. The zero-order chi connectivity index (χ0) is 10.5. The van der Waals surface area contributed by atoms with Gasteiger partial charge in [0.1, 0.15) is 0 Å². The summed E-state index contributed by atoms with van der Waals surface area (Å²) in [6.07, 6.45) is 1.18. The molecular formula is C8H13N5O. The Morgan fingerprint density at radius 2 is 2.00 bits per heavy atom. The second-order valence-electron chi connectivity index (χ2n) is 3.47. The number of aromatic nitrogens is 2. The van der Waals surface area contributed by atoms with Crippen LogP contribution in [0.3, 0.4) is 0 Å². The number of aryl methyl sites for hydroxylation is 1. The Kier molecular flexibility index (Phi) is 1.75. The molecule has 2 heterocycles. The summed E-state index contributed by atoms with van der Waals surface area (Å²) in [5.41, 5.74) is 6.40. The quantitative estimate of drug-likeness (QED) is 0.587. The zero-order valence-corrected chi connectivity index (χ0v) is 8.43. The van der Waals surface area contributed by atoms with Gasteiger partial charge in [0, 0.05) is 21.1 Å². The van der Waals surface area contributed by atoms with Crippen molar-refractivity contribution in [2.45, 2.75) is 6.29 Å². The first-order chi connectivity index (χ1) is 6.54. The van der Waals surface area contributed by atoms with Gasteiger partial charge < -0.3 is 14.4 Å². The number of amides is 1. The average molecular weight is 195 g/mol. The van der Waals surface area contributed by atoms with Gasteiger partial charge >= 0.3 is 0 Å². The van der Waals surface area contributed by atoms with Gasteiger partial charge in [-0.1, -0.05) is 0 Å². The van der Waals surface area contributed by atoms with E-state index in [0.717, 1.165) is 0 Å². The third kappa shape index (κ3) is 0.941. The lowest BCUT2D eigenvalue weighted by molar-refractivity contribution is 0.0706. The second kappa shape index (κ2) is 2.71. The number of nitrogens with two attached hydrogens (primary N) is 1. The summed E-state index contributed by atoms with van der Waals surface area (Å²) in [6, 6.07) is 0. The zero-order valence-electron chi connectivity index (χ0n) is 8.43. The third-order valence-electron chi connectivity index (χ3n) is 2.57. The van der Waals surface area contributed by atoms with E-state index < -0.39 is 6.29 Å². The van der Waals surface area contributed by atoms with E-state index in [1.807, 2.05) is 7.05 Å². The molecule has 0 spiro atoms. The van der Waals surface area contributed by atoms with Gasteiger partial charge in [-0.2, -0.15) is 0 Å². The molecule has 2 rings (SSSR count). The molecule has 6 nitrogen and oxygen atoms in total. The monoisotopic (exact) mass is 195 g/mol. The minimum atomic E-state index is -0.440. The van der Waals surface area contributed by atoms with Gasteiger partial charge in [-0.3, -0.25) is 10.5 Å². The molecule has 0 saturated carbocycles. The lowest BCUT2D eigenvalue weighted by Crippen LogP contribution is -2.57. The molecule has 2 N–H and O–H groups in total. The van der Waals surface area contributed by atoms with Gasteiger partial charge in [0.15, 0.2) is 17.8 Å². The molecule has 0 aliphatic carbocycles. The van der Waals surface area contributed by atoms with Crippen LogP contribution in [0, 0.1) is 0 Å². The van der Waals surface area contributed by atoms with Gasteiger partial charge in [-0.25, -0.2) is 4.98 Å². The van der Waals surface area contributed by atoms with Crippen LogP contribution in [0.4, 0.5) is 5.82 Å². The summed E-state index contributed by atoms with van der Waals surface area (Å²) in [7, 11) is 5.29. The molecule has 76 valence electrons. The Bertz CT molecular complexity index is 385. The molecule has 1 aromatic rings. The van der Waals surface area contributed by atoms with Gasteiger partial charge in [-0.05, 0) is 0 Å². The lowest BCUT2D eigenvalue weighted by Gasteiger charge is -2.37. The largest absolute Gasteiger partial charge is 0.328 e. The molecule has 1 aliphatic heterocycles. The van der Waals surface area contributed by atoms with Crippen molar-refractivity contribution in [2.75, 3.05) is 19.0 Å². The fraction of sp³-hybridized carbons (Fsp3) is 0.500. The molecule has 1 unspecified atom stereocenters. The van der Waals surface area contributed by atoms with E-state index in [2.05, 4.69) is 4.98 Å². The molecule has 0 bridgehead atoms. The van der Waals surface area contributed by atoms with Crippen molar-refractivity contribution < 1.29 is 4.79 Å². The molecule has 0 radical (unpaired) electrons. The highest BCUT2D eigenvalue weighted by Gasteiger charge is 2.34. The maximum atomic E-state index is 11.8. The van der Waals surface area contributed by atoms with Crippen LogP contribution in [0.5, 0.6) is 0 Å². The van der Waals surface area contributed by atoms with E-state index in [9.17, 15) is 4.79 Å². The number of imidazole rings is 1. The highest BCUT2D eigenvalue weighted by Crippen LogP contribution is 2.24. The van der Waals surface area contributed by atoms with Crippen LogP contribution in [0.15, 0.2) is 6.33 Å². The molecule has 1 aliphatic rings. The fourth-order valence-corrected chi connectivity index (χ4v) is 1.59. The first kappa shape index (κ1) is 9.01. The molecule has 1 atom stereocenters. The van der Waals surface area contributed by atoms with E-state index in [1.165, 1.54) is 4.90 Å². The summed E-state index contributed by atoms with van der Waals surface area (Å²) in [6.45, 7) is 0. The van der Waals surface area contributed by atoms with Gasteiger partial charge in [0.25, 0.3) is 5.91 Å². The van der Waals surface area contributed by atoms with Crippen LogP contribution >= 0.6 is 0 Å².